The highest BCUT2D eigenvalue weighted by molar-refractivity contribution is 8.26. The van der Waals surface area contributed by atoms with Crippen molar-refractivity contribution in [3.8, 4) is 0 Å². The van der Waals surface area contributed by atoms with E-state index >= 15 is 0 Å². The minimum atomic E-state index is 0.0433. The molecule has 3 nitrogen and oxygen atoms in total. The molecular formula is C17H22N2OS2. The first-order valence-electron chi connectivity index (χ1n) is 7.81. The van der Waals surface area contributed by atoms with Crippen LogP contribution in [0.3, 0.4) is 0 Å². The molecule has 0 aromatic carbocycles. The molecule has 5 heteroatoms. The lowest BCUT2D eigenvalue weighted by Gasteiger charge is -2.21. The van der Waals surface area contributed by atoms with Crippen molar-refractivity contribution in [2.24, 2.45) is 5.92 Å². The van der Waals surface area contributed by atoms with E-state index in [9.17, 15) is 4.79 Å². The second-order valence-electron chi connectivity index (χ2n) is 5.49. The van der Waals surface area contributed by atoms with Crippen LogP contribution in [0.1, 0.15) is 45.1 Å². The molecule has 118 valence electrons. The Bertz CT molecular complexity index is 557. The van der Waals surface area contributed by atoms with Crippen LogP contribution in [0.5, 0.6) is 0 Å². The van der Waals surface area contributed by atoms with Gasteiger partial charge in [-0.25, -0.2) is 0 Å². The minimum absolute atomic E-state index is 0.0433. The van der Waals surface area contributed by atoms with E-state index in [1.807, 2.05) is 18.2 Å². The maximum absolute atomic E-state index is 12.6. The predicted octanol–water partition coefficient (Wildman–Crippen LogP) is 4.50. The number of nitrogens with zero attached hydrogens (tertiary/aromatic N) is 2. The molecule has 2 heterocycles. The standard InChI is InChI=1S/C17H22N2OS2/c1-3-5-6-13(4-2)12-19-16(20)15(22-17(19)21)11-14-7-9-18-10-8-14/h7-11,13H,3-6,12H2,1-2H3/b15-11+/t13-/m1/s1. The first-order valence-corrected chi connectivity index (χ1v) is 9.03. The van der Waals surface area contributed by atoms with Gasteiger partial charge in [0, 0.05) is 18.9 Å². The summed E-state index contributed by atoms with van der Waals surface area (Å²) in [5, 5.41) is 0. The maximum Gasteiger partial charge on any atom is 0.266 e. The largest absolute Gasteiger partial charge is 0.293 e. The summed E-state index contributed by atoms with van der Waals surface area (Å²) in [6, 6.07) is 3.78. The number of thiocarbonyl (C=S) groups is 1. The Morgan fingerprint density at radius 3 is 2.73 bits per heavy atom. The van der Waals surface area contributed by atoms with Crippen molar-refractivity contribution in [1.29, 1.82) is 0 Å². The SMILES string of the molecule is CCCC[C@@H](CC)CN1C(=O)/C(=C\c2ccncc2)SC1=S. The third kappa shape index (κ3) is 4.40. The van der Waals surface area contributed by atoms with Gasteiger partial charge in [-0.05, 0) is 36.1 Å². The number of pyridine rings is 1. The number of unbranched alkanes of at least 4 members (excludes halogenated alkanes) is 1. The number of carbonyl (C=O) groups is 1. The lowest BCUT2D eigenvalue weighted by atomic mass is 9.99. The van der Waals surface area contributed by atoms with Gasteiger partial charge in [0.1, 0.15) is 4.32 Å². The Hall–Kier alpha value is -1.20. The molecule has 1 aliphatic rings. The molecule has 0 unspecified atom stereocenters. The first kappa shape index (κ1) is 17.2. The van der Waals surface area contributed by atoms with Crippen LogP contribution < -0.4 is 0 Å². The topological polar surface area (TPSA) is 33.2 Å². The summed E-state index contributed by atoms with van der Waals surface area (Å²) in [6.45, 7) is 5.13. The van der Waals surface area contributed by atoms with Crippen LogP contribution in [0.4, 0.5) is 0 Å². The summed E-state index contributed by atoms with van der Waals surface area (Å²) >= 11 is 6.81. The minimum Gasteiger partial charge on any atom is -0.293 e. The van der Waals surface area contributed by atoms with Gasteiger partial charge in [0.2, 0.25) is 0 Å². The Kier molecular flexibility index (Phi) is 6.58. The normalized spacial score (nSPS) is 18.3. The average molecular weight is 335 g/mol. The molecule has 0 N–H and O–H groups in total. The number of carbonyl (C=O) groups excluding carboxylic acids is 1. The van der Waals surface area contributed by atoms with Crippen LogP contribution in [0.25, 0.3) is 6.08 Å². The van der Waals surface area contributed by atoms with E-state index in [0.717, 1.165) is 24.9 Å². The van der Waals surface area contributed by atoms with E-state index in [1.165, 1.54) is 24.6 Å². The molecule has 0 radical (unpaired) electrons. The summed E-state index contributed by atoms with van der Waals surface area (Å²) in [6.07, 6.45) is 9.99. The molecule has 0 bridgehead atoms. The number of aromatic nitrogens is 1. The van der Waals surface area contributed by atoms with Crippen molar-refractivity contribution in [2.75, 3.05) is 6.54 Å². The van der Waals surface area contributed by atoms with Gasteiger partial charge in [-0.3, -0.25) is 14.7 Å². The van der Waals surface area contributed by atoms with Gasteiger partial charge in [0.15, 0.2) is 0 Å². The van der Waals surface area contributed by atoms with Crippen LogP contribution >= 0.6 is 24.0 Å². The molecule has 1 aromatic rings. The zero-order chi connectivity index (χ0) is 15.9. The monoisotopic (exact) mass is 334 g/mol. The molecule has 0 spiro atoms. The quantitative estimate of drug-likeness (QED) is 0.543. The maximum atomic E-state index is 12.6. The average Bonchev–Trinajstić information content (AvgIpc) is 2.79. The van der Waals surface area contributed by atoms with Crippen LogP contribution in [0, 0.1) is 5.92 Å². The van der Waals surface area contributed by atoms with Gasteiger partial charge in [0.25, 0.3) is 5.91 Å². The molecule has 1 aromatic heterocycles. The van der Waals surface area contributed by atoms with Crippen molar-refractivity contribution >= 4 is 40.3 Å². The zero-order valence-corrected chi connectivity index (χ0v) is 14.8. The van der Waals surface area contributed by atoms with E-state index in [4.69, 9.17) is 12.2 Å². The molecule has 1 amide bonds. The Morgan fingerprint density at radius 1 is 1.36 bits per heavy atom. The van der Waals surface area contributed by atoms with E-state index in [1.54, 1.807) is 17.3 Å². The van der Waals surface area contributed by atoms with Crippen LogP contribution in [0.2, 0.25) is 0 Å². The molecule has 1 saturated heterocycles. The fourth-order valence-electron chi connectivity index (χ4n) is 2.44. The van der Waals surface area contributed by atoms with Gasteiger partial charge in [-0.15, -0.1) is 0 Å². The lowest BCUT2D eigenvalue weighted by molar-refractivity contribution is -0.122. The van der Waals surface area contributed by atoms with E-state index in [0.29, 0.717) is 15.1 Å². The molecule has 1 fully saturated rings. The van der Waals surface area contributed by atoms with E-state index < -0.39 is 0 Å². The first-order chi connectivity index (χ1) is 10.7. The molecule has 1 aliphatic heterocycles. The van der Waals surface area contributed by atoms with Crippen molar-refractivity contribution in [1.82, 2.24) is 9.88 Å². The molecular weight excluding hydrogens is 312 g/mol. The van der Waals surface area contributed by atoms with Crippen LogP contribution in [-0.2, 0) is 4.79 Å². The van der Waals surface area contributed by atoms with Crippen LogP contribution in [0.15, 0.2) is 29.4 Å². The third-order valence-electron chi connectivity index (χ3n) is 3.86. The number of hydrogen-bond donors (Lipinski definition) is 0. The predicted molar refractivity (Wildman–Crippen MR) is 97.4 cm³/mol. The second-order valence-corrected chi connectivity index (χ2v) is 7.17. The summed E-state index contributed by atoms with van der Waals surface area (Å²) < 4.78 is 0.681. The highest BCUT2D eigenvalue weighted by atomic mass is 32.2. The Balaban J connectivity index is 2.07. The highest BCUT2D eigenvalue weighted by Gasteiger charge is 2.33. The fourth-order valence-corrected chi connectivity index (χ4v) is 3.72. The molecule has 22 heavy (non-hydrogen) atoms. The summed E-state index contributed by atoms with van der Waals surface area (Å²) in [5.74, 6) is 0.574. The third-order valence-corrected chi connectivity index (χ3v) is 5.24. The molecule has 2 rings (SSSR count). The van der Waals surface area contributed by atoms with Crippen molar-refractivity contribution < 1.29 is 4.79 Å². The van der Waals surface area contributed by atoms with E-state index in [-0.39, 0.29) is 5.91 Å². The number of rotatable bonds is 7. The summed E-state index contributed by atoms with van der Waals surface area (Å²) in [4.78, 5) is 19.1. The van der Waals surface area contributed by atoms with Crippen LogP contribution in [-0.4, -0.2) is 26.7 Å². The molecule has 1 atom stereocenters. The van der Waals surface area contributed by atoms with Gasteiger partial charge in [0.05, 0.1) is 4.91 Å². The molecule has 0 saturated carbocycles. The number of thioether (sulfide) groups is 1. The summed E-state index contributed by atoms with van der Waals surface area (Å²) in [5.41, 5.74) is 0.980. The van der Waals surface area contributed by atoms with Crippen molar-refractivity contribution in [3.63, 3.8) is 0 Å². The lowest BCUT2D eigenvalue weighted by Crippen LogP contribution is -2.33. The summed E-state index contributed by atoms with van der Waals surface area (Å²) in [7, 11) is 0. The van der Waals surface area contributed by atoms with Crippen molar-refractivity contribution in [2.45, 2.75) is 39.5 Å². The molecule has 0 aliphatic carbocycles. The van der Waals surface area contributed by atoms with Gasteiger partial charge in [-0.1, -0.05) is 57.1 Å². The van der Waals surface area contributed by atoms with Gasteiger partial charge < -0.3 is 0 Å². The van der Waals surface area contributed by atoms with Gasteiger partial charge >= 0.3 is 0 Å². The Morgan fingerprint density at radius 2 is 2.09 bits per heavy atom. The smallest absolute Gasteiger partial charge is 0.266 e. The van der Waals surface area contributed by atoms with Gasteiger partial charge in [-0.2, -0.15) is 0 Å². The second kappa shape index (κ2) is 8.44. The van der Waals surface area contributed by atoms with Crippen molar-refractivity contribution in [3.05, 3.63) is 35.0 Å². The number of amides is 1. The highest BCUT2D eigenvalue weighted by Crippen LogP contribution is 2.33. The Labute approximate surface area is 142 Å². The number of hydrogen-bond acceptors (Lipinski definition) is 4. The fraction of sp³-hybridized carbons (Fsp3) is 0.471. The van der Waals surface area contributed by atoms with E-state index in [2.05, 4.69) is 18.8 Å². The zero-order valence-electron chi connectivity index (χ0n) is 13.1.